The quantitative estimate of drug-likeness (QED) is 0.761. The summed E-state index contributed by atoms with van der Waals surface area (Å²) >= 11 is 0. The van der Waals surface area contributed by atoms with E-state index in [4.69, 9.17) is 5.10 Å². The molecule has 2 aliphatic heterocycles. The monoisotopic (exact) mass is 408 g/mol. The molecular formula is C24H29FN4O. The largest absolute Gasteiger partial charge is 0.301 e. The number of rotatable bonds is 5. The fourth-order valence-electron chi connectivity index (χ4n) is 4.13. The molecule has 0 bridgehead atoms. The van der Waals surface area contributed by atoms with E-state index in [9.17, 15) is 9.18 Å². The molecule has 0 saturated carbocycles. The van der Waals surface area contributed by atoms with E-state index in [1.807, 2.05) is 12.1 Å². The van der Waals surface area contributed by atoms with Crippen LogP contribution >= 0.6 is 0 Å². The van der Waals surface area contributed by atoms with Crippen LogP contribution in [0.1, 0.15) is 36.1 Å². The fraction of sp³-hybridized carbons (Fsp3) is 0.417. The molecule has 1 saturated heterocycles. The molecule has 0 unspecified atom stereocenters. The van der Waals surface area contributed by atoms with E-state index in [1.165, 1.54) is 17.7 Å². The minimum absolute atomic E-state index is 0.00335. The summed E-state index contributed by atoms with van der Waals surface area (Å²) < 4.78 is 13.5. The van der Waals surface area contributed by atoms with Crippen LogP contribution in [0.4, 0.5) is 4.39 Å². The van der Waals surface area contributed by atoms with Crippen molar-refractivity contribution in [3.63, 3.8) is 0 Å². The maximum Gasteiger partial charge on any atom is 0.257 e. The highest BCUT2D eigenvalue weighted by molar-refractivity contribution is 6.03. The highest BCUT2D eigenvalue weighted by Gasteiger charge is 2.34. The average Bonchev–Trinajstić information content (AvgIpc) is 3.21. The second-order valence-electron chi connectivity index (χ2n) is 8.13. The molecule has 2 aromatic rings. The molecule has 1 amide bonds. The number of carbonyl (C=O) groups excluding carboxylic acids is 1. The third-order valence-electron chi connectivity index (χ3n) is 6.08. The Balaban J connectivity index is 1.54. The lowest BCUT2D eigenvalue weighted by molar-refractivity contribution is -0.134. The van der Waals surface area contributed by atoms with Crippen molar-refractivity contribution in [1.29, 1.82) is 0 Å². The smallest absolute Gasteiger partial charge is 0.257 e. The van der Waals surface area contributed by atoms with Crippen molar-refractivity contribution in [3.05, 3.63) is 71.0 Å². The second-order valence-corrected chi connectivity index (χ2v) is 8.13. The highest BCUT2D eigenvalue weighted by atomic mass is 19.1. The number of hydrogen-bond donors (Lipinski definition) is 0. The predicted octanol–water partition coefficient (Wildman–Crippen LogP) is 3.45. The molecule has 4 rings (SSSR count). The second kappa shape index (κ2) is 9.06. The Kier molecular flexibility index (Phi) is 6.25. The minimum atomic E-state index is -0.275. The van der Waals surface area contributed by atoms with Gasteiger partial charge in [-0.3, -0.25) is 9.69 Å². The van der Waals surface area contributed by atoms with E-state index in [1.54, 1.807) is 17.1 Å². The van der Waals surface area contributed by atoms with Gasteiger partial charge in [-0.2, -0.15) is 5.10 Å². The molecular weight excluding hydrogens is 379 g/mol. The van der Waals surface area contributed by atoms with Crippen molar-refractivity contribution in [2.75, 3.05) is 39.3 Å². The molecule has 2 aromatic carbocycles. The fourth-order valence-corrected chi connectivity index (χ4v) is 4.13. The first kappa shape index (κ1) is 20.7. The normalized spacial score (nSPS) is 20.4. The molecule has 2 aliphatic rings. The van der Waals surface area contributed by atoms with E-state index in [0.717, 1.165) is 49.6 Å². The van der Waals surface area contributed by atoms with Crippen molar-refractivity contribution in [3.8, 4) is 0 Å². The third kappa shape index (κ3) is 4.60. The summed E-state index contributed by atoms with van der Waals surface area (Å²) in [4.78, 5) is 17.8. The van der Waals surface area contributed by atoms with Crippen LogP contribution < -0.4 is 0 Å². The zero-order chi connectivity index (χ0) is 21.1. The van der Waals surface area contributed by atoms with E-state index in [-0.39, 0.29) is 17.8 Å². The number of piperazine rings is 1. The van der Waals surface area contributed by atoms with Crippen LogP contribution in [-0.4, -0.2) is 65.7 Å². The molecule has 30 heavy (non-hydrogen) atoms. The lowest BCUT2D eigenvalue weighted by atomic mass is 9.98. The first-order valence-corrected chi connectivity index (χ1v) is 10.7. The third-order valence-corrected chi connectivity index (χ3v) is 6.08. The molecule has 6 heteroatoms. The van der Waals surface area contributed by atoms with Crippen LogP contribution in [0.25, 0.3) is 0 Å². The first-order valence-electron chi connectivity index (χ1n) is 10.7. The number of benzene rings is 2. The van der Waals surface area contributed by atoms with Crippen molar-refractivity contribution in [1.82, 2.24) is 14.8 Å². The van der Waals surface area contributed by atoms with E-state index in [0.29, 0.717) is 13.0 Å². The number of likely N-dealkylation sites (N-methyl/N-ethyl adjacent to an activating group) is 1. The summed E-state index contributed by atoms with van der Waals surface area (Å²) in [6.07, 6.45) is 0.629. The van der Waals surface area contributed by atoms with Crippen LogP contribution in [0.3, 0.4) is 0 Å². The van der Waals surface area contributed by atoms with Gasteiger partial charge in [0.25, 0.3) is 5.91 Å². The number of aryl methyl sites for hydroxylation is 1. The van der Waals surface area contributed by atoms with Gasteiger partial charge in [-0.05, 0) is 36.7 Å². The number of hydrazone groups is 1. The van der Waals surface area contributed by atoms with Gasteiger partial charge in [-0.25, -0.2) is 9.40 Å². The van der Waals surface area contributed by atoms with Crippen molar-refractivity contribution < 1.29 is 9.18 Å². The van der Waals surface area contributed by atoms with Crippen molar-refractivity contribution in [2.24, 2.45) is 5.10 Å². The first-order chi connectivity index (χ1) is 14.5. The van der Waals surface area contributed by atoms with Crippen LogP contribution in [0.15, 0.2) is 53.6 Å². The lowest BCUT2D eigenvalue weighted by Crippen LogP contribution is -2.49. The highest BCUT2D eigenvalue weighted by Crippen LogP contribution is 2.33. The van der Waals surface area contributed by atoms with Gasteiger partial charge < -0.3 is 4.90 Å². The maximum absolute atomic E-state index is 13.5. The summed E-state index contributed by atoms with van der Waals surface area (Å²) in [6.45, 7) is 9.39. The van der Waals surface area contributed by atoms with Crippen LogP contribution in [-0.2, 0) is 4.79 Å². The summed E-state index contributed by atoms with van der Waals surface area (Å²) in [5.41, 5.74) is 4.02. The molecule has 0 aliphatic carbocycles. The zero-order valence-corrected chi connectivity index (χ0v) is 17.7. The van der Waals surface area contributed by atoms with Gasteiger partial charge in [0.15, 0.2) is 0 Å². The van der Waals surface area contributed by atoms with Crippen LogP contribution in [0, 0.1) is 12.7 Å². The Morgan fingerprint density at radius 1 is 1.00 bits per heavy atom. The average molecular weight is 409 g/mol. The zero-order valence-electron chi connectivity index (χ0n) is 17.7. The molecule has 0 aromatic heterocycles. The Morgan fingerprint density at radius 3 is 2.27 bits per heavy atom. The van der Waals surface area contributed by atoms with E-state index >= 15 is 0 Å². The van der Waals surface area contributed by atoms with E-state index < -0.39 is 0 Å². The summed E-state index contributed by atoms with van der Waals surface area (Å²) in [7, 11) is 0. The molecule has 1 fully saturated rings. The number of amides is 1. The topological polar surface area (TPSA) is 39.1 Å². The summed E-state index contributed by atoms with van der Waals surface area (Å²) in [5, 5.41) is 6.35. The lowest BCUT2D eigenvalue weighted by Gasteiger charge is -2.34. The standard InChI is InChI=1S/C24H29FN4O/c1-3-27-12-14-28(15-13-27)17-24(30)29-23(20-8-10-21(25)11-9-20)16-22(26-29)19-6-4-18(2)5-7-19/h4-11,23H,3,12-17H2,1-2H3/t23-/m0/s1. The molecule has 0 spiro atoms. The molecule has 5 nitrogen and oxygen atoms in total. The minimum Gasteiger partial charge on any atom is -0.301 e. The van der Waals surface area contributed by atoms with Crippen molar-refractivity contribution in [2.45, 2.75) is 26.3 Å². The predicted molar refractivity (Wildman–Crippen MR) is 117 cm³/mol. The SMILES string of the molecule is CCN1CCN(CC(=O)N2N=C(c3ccc(C)cc3)C[C@H]2c2ccc(F)cc2)CC1. The number of carbonyl (C=O) groups is 1. The summed E-state index contributed by atoms with van der Waals surface area (Å²) in [6, 6.07) is 14.4. The molecule has 0 N–H and O–H groups in total. The number of hydrogen-bond acceptors (Lipinski definition) is 4. The summed E-state index contributed by atoms with van der Waals surface area (Å²) in [5.74, 6) is -0.278. The Morgan fingerprint density at radius 2 is 1.63 bits per heavy atom. The van der Waals surface area contributed by atoms with Gasteiger partial charge in [0.1, 0.15) is 5.82 Å². The maximum atomic E-state index is 13.5. The van der Waals surface area contributed by atoms with Crippen LogP contribution in [0.2, 0.25) is 0 Å². The Labute approximate surface area is 177 Å². The molecule has 0 radical (unpaired) electrons. The van der Waals surface area contributed by atoms with Crippen molar-refractivity contribution >= 4 is 11.6 Å². The van der Waals surface area contributed by atoms with Gasteiger partial charge in [-0.15, -0.1) is 0 Å². The van der Waals surface area contributed by atoms with Gasteiger partial charge in [0, 0.05) is 32.6 Å². The van der Waals surface area contributed by atoms with Gasteiger partial charge in [0.2, 0.25) is 0 Å². The number of halogens is 1. The van der Waals surface area contributed by atoms with Gasteiger partial charge in [-0.1, -0.05) is 48.9 Å². The Bertz CT molecular complexity index is 902. The Hall–Kier alpha value is -2.57. The number of nitrogens with zero attached hydrogens (tertiary/aromatic N) is 4. The molecule has 158 valence electrons. The molecule has 2 heterocycles. The van der Waals surface area contributed by atoms with Gasteiger partial charge >= 0.3 is 0 Å². The van der Waals surface area contributed by atoms with E-state index in [2.05, 4.69) is 35.8 Å². The van der Waals surface area contributed by atoms with Gasteiger partial charge in [0.05, 0.1) is 18.3 Å². The van der Waals surface area contributed by atoms with Crippen LogP contribution in [0.5, 0.6) is 0 Å². The molecule has 1 atom stereocenters.